The Balaban J connectivity index is 2.83. The van der Waals surface area contributed by atoms with Crippen molar-refractivity contribution in [3.8, 4) is 0 Å². The second-order valence-electron chi connectivity index (χ2n) is 3.46. The van der Waals surface area contributed by atoms with E-state index in [9.17, 15) is 4.79 Å². The Bertz CT molecular complexity index is 452. The van der Waals surface area contributed by atoms with Crippen LogP contribution in [0.15, 0.2) is 34.3 Å². The number of carbonyl (C=O) groups is 1. The molecule has 0 unspecified atom stereocenters. The molecule has 1 aromatic carbocycles. The largest absolute Gasteiger partial charge is 0.322 e. The number of amides is 1. The zero-order chi connectivity index (χ0) is 12.1. The fourth-order valence-corrected chi connectivity index (χ4v) is 1.36. The fourth-order valence-electron chi connectivity index (χ4n) is 1.15. The highest BCUT2D eigenvalue weighted by molar-refractivity contribution is 9.12. The summed E-state index contributed by atoms with van der Waals surface area (Å²) in [6.45, 7) is 3.66. The molecule has 84 valence electrons. The van der Waals surface area contributed by atoms with Gasteiger partial charge in [-0.1, -0.05) is 12.1 Å². The molecule has 3 nitrogen and oxygen atoms in total. The molecule has 0 saturated heterocycles. The number of anilines is 1. The van der Waals surface area contributed by atoms with E-state index in [2.05, 4.69) is 21.2 Å². The third-order valence-corrected chi connectivity index (χ3v) is 3.02. The van der Waals surface area contributed by atoms with Crippen molar-refractivity contribution >= 4 is 33.7 Å². The molecule has 1 rings (SSSR count). The van der Waals surface area contributed by atoms with Crippen LogP contribution in [0.1, 0.15) is 12.5 Å². The predicted molar refractivity (Wildman–Crippen MR) is 70.2 cm³/mol. The van der Waals surface area contributed by atoms with Crippen LogP contribution in [-0.2, 0) is 4.79 Å². The van der Waals surface area contributed by atoms with Crippen LogP contribution >= 0.6 is 15.9 Å². The zero-order valence-corrected chi connectivity index (χ0v) is 10.8. The molecule has 0 aliphatic heterocycles. The first-order valence-electron chi connectivity index (χ1n) is 4.79. The summed E-state index contributed by atoms with van der Waals surface area (Å²) in [5, 5.41) is 9.80. The molecular weight excluding hydrogens is 268 g/mol. The van der Waals surface area contributed by atoms with E-state index >= 15 is 0 Å². The van der Waals surface area contributed by atoms with E-state index in [1.54, 1.807) is 6.92 Å². The maximum atomic E-state index is 11.7. The molecule has 16 heavy (non-hydrogen) atoms. The van der Waals surface area contributed by atoms with Gasteiger partial charge in [0.15, 0.2) is 0 Å². The Morgan fingerprint density at radius 2 is 2.19 bits per heavy atom. The molecule has 0 bridgehead atoms. The molecule has 4 heteroatoms. The summed E-state index contributed by atoms with van der Waals surface area (Å²) in [5.74, 6) is -0.244. The third kappa shape index (κ3) is 3.31. The normalized spacial score (nSPS) is 11.7. The Kier molecular flexibility index (Phi) is 4.43. The Morgan fingerprint density at radius 1 is 1.50 bits per heavy atom. The highest BCUT2D eigenvalue weighted by Crippen LogP contribution is 2.15. The maximum Gasteiger partial charge on any atom is 0.263 e. The molecule has 0 saturated carbocycles. The summed E-state index contributed by atoms with van der Waals surface area (Å²) in [4.78, 5) is 11.7. The van der Waals surface area contributed by atoms with E-state index in [0.29, 0.717) is 10.1 Å². The van der Waals surface area contributed by atoms with Gasteiger partial charge in [-0.2, -0.15) is 0 Å². The van der Waals surface area contributed by atoms with E-state index in [4.69, 9.17) is 5.41 Å². The molecule has 0 aliphatic rings. The average Bonchev–Trinajstić information content (AvgIpc) is 2.27. The van der Waals surface area contributed by atoms with E-state index in [-0.39, 0.29) is 5.91 Å². The van der Waals surface area contributed by atoms with Gasteiger partial charge in [0.1, 0.15) is 0 Å². The molecule has 1 aromatic rings. The minimum Gasteiger partial charge on any atom is -0.322 e. The molecule has 0 heterocycles. The molecular formula is C12H13BrN2O. The lowest BCUT2D eigenvalue weighted by Crippen LogP contribution is -2.12. The minimum absolute atomic E-state index is 0.244. The van der Waals surface area contributed by atoms with Crippen LogP contribution in [0, 0.1) is 12.3 Å². The average molecular weight is 281 g/mol. The third-order valence-electron chi connectivity index (χ3n) is 2.04. The van der Waals surface area contributed by atoms with Crippen LogP contribution in [0.25, 0.3) is 0 Å². The molecule has 0 spiro atoms. The van der Waals surface area contributed by atoms with Gasteiger partial charge < -0.3 is 10.7 Å². The number of hydrogen-bond acceptors (Lipinski definition) is 2. The van der Waals surface area contributed by atoms with Crippen molar-refractivity contribution in [3.63, 3.8) is 0 Å². The number of carbonyl (C=O) groups excluding carboxylic acids is 1. The van der Waals surface area contributed by atoms with Crippen LogP contribution in [0.2, 0.25) is 0 Å². The number of aryl methyl sites for hydroxylation is 1. The predicted octanol–water partition coefficient (Wildman–Crippen LogP) is 3.25. The van der Waals surface area contributed by atoms with Crippen LogP contribution in [0.5, 0.6) is 0 Å². The zero-order valence-electron chi connectivity index (χ0n) is 9.17. The van der Waals surface area contributed by atoms with Crippen LogP contribution in [0.3, 0.4) is 0 Å². The van der Waals surface area contributed by atoms with Crippen LogP contribution in [0.4, 0.5) is 5.69 Å². The van der Waals surface area contributed by atoms with Gasteiger partial charge in [-0.25, -0.2) is 0 Å². The van der Waals surface area contributed by atoms with Gasteiger partial charge in [0.25, 0.3) is 5.91 Å². The van der Waals surface area contributed by atoms with Crippen LogP contribution < -0.4 is 5.32 Å². The quantitative estimate of drug-likeness (QED) is 0.648. The van der Waals surface area contributed by atoms with E-state index < -0.39 is 0 Å². The Morgan fingerprint density at radius 3 is 2.75 bits per heavy atom. The summed E-state index contributed by atoms with van der Waals surface area (Å²) >= 11 is 3.16. The number of allylic oxidation sites excluding steroid dienone is 1. The monoisotopic (exact) mass is 280 g/mol. The summed E-state index contributed by atoms with van der Waals surface area (Å²) < 4.78 is 0.379. The van der Waals surface area contributed by atoms with Crippen molar-refractivity contribution in [1.82, 2.24) is 0 Å². The van der Waals surface area contributed by atoms with Crippen molar-refractivity contribution in [3.05, 3.63) is 39.9 Å². The smallest absolute Gasteiger partial charge is 0.263 e. The van der Waals surface area contributed by atoms with E-state index in [1.807, 2.05) is 31.2 Å². The van der Waals surface area contributed by atoms with Crippen LogP contribution in [-0.4, -0.2) is 12.1 Å². The summed E-state index contributed by atoms with van der Waals surface area (Å²) in [6, 6.07) is 7.55. The lowest BCUT2D eigenvalue weighted by atomic mass is 10.2. The topological polar surface area (TPSA) is 53.0 Å². The second kappa shape index (κ2) is 5.61. The number of nitrogens with one attached hydrogen (secondary N) is 2. The summed E-state index contributed by atoms with van der Waals surface area (Å²) in [5.41, 5.74) is 2.42. The first kappa shape index (κ1) is 12.6. The molecule has 0 aliphatic carbocycles. The number of rotatable bonds is 3. The molecule has 2 N–H and O–H groups in total. The minimum atomic E-state index is -0.244. The van der Waals surface area contributed by atoms with Gasteiger partial charge in [0, 0.05) is 11.9 Å². The van der Waals surface area contributed by atoms with E-state index in [0.717, 1.165) is 17.5 Å². The molecule has 1 amide bonds. The number of halogens is 1. The van der Waals surface area contributed by atoms with Crippen molar-refractivity contribution in [2.24, 2.45) is 0 Å². The molecule has 0 fully saturated rings. The van der Waals surface area contributed by atoms with Crippen molar-refractivity contribution < 1.29 is 4.79 Å². The number of benzene rings is 1. The SMILES string of the molecule is C/C(C=N)=C(\Br)C(=O)Nc1cccc(C)c1. The Hall–Kier alpha value is -1.42. The second-order valence-corrected chi connectivity index (χ2v) is 4.26. The Labute approximate surface area is 103 Å². The molecule has 0 aromatic heterocycles. The van der Waals surface area contributed by atoms with Crippen molar-refractivity contribution in [1.29, 1.82) is 5.41 Å². The van der Waals surface area contributed by atoms with Gasteiger partial charge in [-0.15, -0.1) is 0 Å². The highest BCUT2D eigenvalue weighted by atomic mass is 79.9. The van der Waals surface area contributed by atoms with Gasteiger partial charge in [0.05, 0.1) is 4.48 Å². The summed E-state index contributed by atoms with van der Waals surface area (Å²) in [6.07, 6.45) is 1.14. The van der Waals surface area contributed by atoms with Gasteiger partial charge in [-0.3, -0.25) is 4.79 Å². The lowest BCUT2D eigenvalue weighted by Gasteiger charge is -2.06. The van der Waals surface area contributed by atoms with Gasteiger partial charge in [0.2, 0.25) is 0 Å². The highest BCUT2D eigenvalue weighted by Gasteiger charge is 2.08. The standard InChI is InChI=1S/C12H13BrN2O/c1-8-4-3-5-10(6-8)15-12(16)11(13)9(2)7-14/h3-7,14H,1-2H3,(H,15,16)/b11-9+,14-7?. The maximum absolute atomic E-state index is 11.7. The van der Waals surface area contributed by atoms with Crippen molar-refractivity contribution in [2.75, 3.05) is 5.32 Å². The van der Waals surface area contributed by atoms with Gasteiger partial charge in [-0.05, 0) is 53.0 Å². The first-order chi connectivity index (χ1) is 7.54. The van der Waals surface area contributed by atoms with Crippen molar-refractivity contribution in [2.45, 2.75) is 13.8 Å². The lowest BCUT2D eigenvalue weighted by molar-refractivity contribution is -0.112. The molecule has 0 atom stereocenters. The van der Waals surface area contributed by atoms with E-state index in [1.165, 1.54) is 0 Å². The first-order valence-corrected chi connectivity index (χ1v) is 5.58. The summed E-state index contributed by atoms with van der Waals surface area (Å²) in [7, 11) is 0. The fraction of sp³-hybridized carbons (Fsp3) is 0.167. The number of hydrogen-bond donors (Lipinski definition) is 2. The molecule has 0 radical (unpaired) electrons. The van der Waals surface area contributed by atoms with Gasteiger partial charge >= 0.3 is 0 Å².